The Bertz CT molecular complexity index is 746. The van der Waals surface area contributed by atoms with Crippen molar-refractivity contribution in [2.75, 3.05) is 25.6 Å². The second kappa shape index (κ2) is 7.79. The number of hydrogen-bond acceptors (Lipinski definition) is 5. The zero-order chi connectivity index (χ0) is 17.6. The van der Waals surface area contributed by atoms with E-state index in [1.54, 1.807) is 37.4 Å². The van der Waals surface area contributed by atoms with Gasteiger partial charge in [0.15, 0.2) is 17.6 Å². The Morgan fingerprint density at radius 3 is 2.64 bits per heavy atom. The van der Waals surface area contributed by atoms with Crippen molar-refractivity contribution in [1.82, 2.24) is 0 Å². The molecule has 6 heteroatoms. The first kappa shape index (κ1) is 17.0. The van der Waals surface area contributed by atoms with Gasteiger partial charge in [-0.05, 0) is 30.7 Å². The number of benzene rings is 2. The molecule has 132 valence electrons. The van der Waals surface area contributed by atoms with Crippen LogP contribution in [-0.2, 0) is 4.79 Å². The number of carbonyl (C=O) groups is 1. The molecule has 2 aromatic rings. The van der Waals surface area contributed by atoms with Crippen molar-refractivity contribution in [3.63, 3.8) is 0 Å². The van der Waals surface area contributed by atoms with E-state index < -0.39 is 6.10 Å². The van der Waals surface area contributed by atoms with Gasteiger partial charge in [0.25, 0.3) is 5.91 Å². The van der Waals surface area contributed by atoms with Crippen LogP contribution in [0.15, 0.2) is 42.5 Å². The maximum Gasteiger partial charge on any atom is 0.265 e. The fourth-order valence-electron chi connectivity index (χ4n) is 2.50. The Labute approximate surface area is 146 Å². The Hall–Kier alpha value is -2.89. The Kier molecular flexibility index (Phi) is 5.28. The van der Waals surface area contributed by atoms with Gasteiger partial charge >= 0.3 is 0 Å². The first-order chi connectivity index (χ1) is 12.2. The van der Waals surface area contributed by atoms with E-state index in [0.717, 1.165) is 0 Å². The van der Waals surface area contributed by atoms with Crippen LogP contribution in [0, 0.1) is 0 Å². The first-order valence-electron chi connectivity index (χ1n) is 8.21. The number of anilines is 1. The summed E-state index contributed by atoms with van der Waals surface area (Å²) in [5.41, 5.74) is 0.641. The highest BCUT2D eigenvalue weighted by Crippen LogP contribution is 2.32. The number of ether oxygens (including phenoxy) is 4. The van der Waals surface area contributed by atoms with Crippen LogP contribution < -0.4 is 24.3 Å². The van der Waals surface area contributed by atoms with Crippen molar-refractivity contribution in [2.24, 2.45) is 0 Å². The van der Waals surface area contributed by atoms with Crippen LogP contribution in [0.25, 0.3) is 0 Å². The molecular formula is C19H21NO5. The third-order valence-corrected chi connectivity index (χ3v) is 3.79. The Morgan fingerprint density at radius 2 is 1.88 bits per heavy atom. The summed E-state index contributed by atoms with van der Waals surface area (Å²) in [6.45, 7) is 2.93. The molecule has 1 N–H and O–H groups in total. The van der Waals surface area contributed by atoms with Crippen molar-refractivity contribution in [3.8, 4) is 23.0 Å². The van der Waals surface area contributed by atoms with Crippen molar-refractivity contribution in [3.05, 3.63) is 42.5 Å². The van der Waals surface area contributed by atoms with Crippen LogP contribution in [0.5, 0.6) is 23.0 Å². The molecule has 0 aromatic heterocycles. The minimum absolute atomic E-state index is 0.220. The first-order valence-corrected chi connectivity index (χ1v) is 8.21. The molecule has 1 heterocycles. The lowest BCUT2D eigenvalue weighted by Crippen LogP contribution is -2.32. The second-order valence-electron chi connectivity index (χ2n) is 5.54. The smallest absolute Gasteiger partial charge is 0.265 e. The number of methoxy groups -OCH3 is 1. The molecule has 1 aliphatic heterocycles. The molecule has 0 fully saturated rings. The van der Waals surface area contributed by atoms with Crippen LogP contribution in [-0.4, -0.2) is 32.3 Å². The summed E-state index contributed by atoms with van der Waals surface area (Å²) < 4.78 is 22.0. The van der Waals surface area contributed by atoms with Gasteiger partial charge < -0.3 is 24.3 Å². The summed E-state index contributed by atoms with van der Waals surface area (Å²) in [5, 5.41) is 2.86. The van der Waals surface area contributed by atoms with Crippen molar-refractivity contribution in [1.29, 1.82) is 0 Å². The van der Waals surface area contributed by atoms with Crippen LogP contribution in [0.1, 0.15) is 13.3 Å². The van der Waals surface area contributed by atoms with Gasteiger partial charge in [-0.3, -0.25) is 4.79 Å². The molecule has 0 unspecified atom stereocenters. The molecule has 0 bridgehead atoms. The fourth-order valence-corrected chi connectivity index (χ4v) is 2.50. The monoisotopic (exact) mass is 343 g/mol. The van der Waals surface area contributed by atoms with Gasteiger partial charge in [-0.2, -0.15) is 0 Å². The maximum atomic E-state index is 12.5. The standard InChI is InChI=1S/C19H21NO5/c1-3-16(25-15-6-4-5-14(12-15)22-2)19(21)20-13-7-8-17-18(11-13)24-10-9-23-17/h4-8,11-12,16H,3,9-10H2,1-2H3,(H,20,21)/t16-/m0/s1. The van der Waals surface area contributed by atoms with E-state index in [0.29, 0.717) is 48.3 Å². The number of rotatable bonds is 6. The van der Waals surface area contributed by atoms with E-state index in [-0.39, 0.29) is 5.91 Å². The highest BCUT2D eigenvalue weighted by atomic mass is 16.6. The SMILES string of the molecule is CC[C@H](Oc1cccc(OC)c1)C(=O)Nc1ccc2c(c1)OCCO2. The molecule has 2 aromatic carbocycles. The number of hydrogen-bond donors (Lipinski definition) is 1. The summed E-state index contributed by atoms with van der Waals surface area (Å²) in [4.78, 5) is 12.5. The normalized spacial score (nSPS) is 13.7. The number of carbonyl (C=O) groups excluding carboxylic acids is 1. The van der Waals surface area contributed by atoms with Crippen LogP contribution in [0.2, 0.25) is 0 Å². The van der Waals surface area contributed by atoms with Gasteiger partial charge in [0.05, 0.1) is 7.11 Å². The predicted octanol–water partition coefficient (Wildman–Crippen LogP) is 3.26. The minimum atomic E-state index is -0.611. The summed E-state index contributed by atoms with van der Waals surface area (Å²) in [5.74, 6) is 2.36. The van der Waals surface area contributed by atoms with E-state index in [1.165, 1.54) is 0 Å². The van der Waals surface area contributed by atoms with Gasteiger partial charge in [0.1, 0.15) is 24.7 Å². The van der Waals surface area contributed by atoms with Gasteiger partial charge in [0.2, 0.25) is 0 Å². The molecule has 1 atom stereocenters. The molecular weight excluding hydrogens is 322 g/mol. The molecule has 1 aliphatic rings. The van der Waals surface area contributed by atoms with Crippen LogP contribution in [0.3, 0.4) is 0 Å². The van der Waals surface area contributed by atoms with Gasteiger partial charge in [-0.15, -0.1) is 0 Å². The lowest BCUT2D eigenvalue weighted by Gasteiger charge is -2.20. The summed E-state index contributed by atoms with van der Waals surface area (Å²) in [6, 6.07) is 12.5. The minimum Gasteiger partial charge on any atom is -0.497 e. The molecule has 0 radical (unpaired) electrons. The second-order valence-corrected chi connectivity index (χ2v) is 5.54. The van der Waals surface area contributed by atoms with Gasteiger partial charge in [0, 0.05) is 17.8 Å². The lowest BCUT2D eigenvalue weighted by atomic mass is 10.2. The summed E-state index contributed by atoms with van der Waals surface area (Å²) >= 11 is 0. The zero-order valence-corrected chi connectivity index (χ0v) is 14.3. The lowest BCUT2D eigenvalue weighted by molar-refractivity contribution is -0.122. The molecule has 25 heavy (non-hydrogen) atoms. The topological polar surface area (TPSA) is 66.0 Å². The van der Waals surface area contributed by atoms with Crippen molar-refractivity contribution >= 4 is 11.6 Å². The van der Waals surface area contributed by atoms with E-state index in [4.69, 9.17) is 18.9 Å². The highest BCUT2D eigenvalue weighted by Gasteiger charge is 2.20. The molecule has 6 nitrogen and oxygen atoms in total. The average Bonchev–Trinajstić information content (AvgIpc) is 2.66. The average molecular weight is 343 g/mol. The number of amides is 1. The van der Waals surface area contributed by atoms with E-state index in [1.807, 2.05) is 19.1 Å². The Balaban J connectivity index is 1.67. The zero-order valence-electron chi connectivity index (χ0n) is 14.3. The van der Waals surface area contributed by atoms with Crippen molar-refractivity contribution in [2.45, 2.75) is 19.4 Å². The summed E-state index contributed by atoms with van der Waals surface area (Å²) in [6.07, 6.45) is -0.0755. The van der Waals surface area contributed by atoms with Crippen LogP contribution >= 0.6 is 0 Å². The third kappa shape index (κ3) is 4.15. The van der Waals surface area contributed by atoms with Gasteiger partial charge in [-0.25, -0.2) is 0 Å². The van der Waals surface area contributed by atoms with E-state index in [9.17, 15) is 4.79 Å². The van der Waals surface area contributed by atoms with Crippen molar-refractivity contribution < 1.29 is 23.7 Å². The molecule has 3 rings (SSSR count). The molecule has 0 saturated heterocycles. The number of nitrogens with one attached hydrogen (secondary N) is 1. The molecule has 0 spiro atoms. The van der Waals surface area contributed by atoms with Crippen LogP contribution in [0.4, 0.5) is 5.69 Å². The maximum absolute atomic E-state index is 12.5. The van der Waals surface area contributed by atoms with E-state index in [2.05, 4.69) is 5.32 Å². The quantitative estimate of drug-likeness (QED) is 0.872. The largest absolute Gasteiger partial charge is 0.497 e. The molecule has 0 saturated carbocycles. The fraction of sp³-hybridized carbons (Fsp3) is 0.316. The van der Waals surface area contributed by atoms with E-state index >= 15 is 0 Å². The third-order valence-electron chi connectivity index (χ3n) is 3.79. The predicted molar refractivity (Wildman–Crippen MR) is 93.8 cm³/mol. The van der Waals surface area contributed by atoms with Gasteiger partial charge in [-0.1, -0.05) is 13.0 Å². The molecule has 1 amide bonds. The summed E-state index contributed by atoms with van der Waals surface area (Å²) in [7, 11) is 1.59. The Morgan fingerprint density at radius 1 is 1.12 bits per heavy atom. The highest BCUT2D eigenvalue weighted by molar-refractivity contribution is 5.94. The molecule has 0 aliphatic carbocycles. The number of fused-ring (bicyclic) bond motifs is 1.